The highest BCUT2D eigenvalue weighted by Gasteiger charge is 2.25. The van der Waals surface area contributed by atoms with Crippen molar-refractivity contribution in [1.29, 1.82) is 0 Å². The van der Waals surface area contributed by atoms with Crippen molar-refractivity contribution < 1.29 is 9.18 Å². The third-order valence-electron chi connectivity index (χ3n) is 4.72. The summed E-state index contributed by atoms with van der Waals surface area (Å²) in [5, 5.41) is 0. The zero-order valence-electron chi connectivity index (χ0n) is 14.3. The first kappa shape index (κ1) is 16.7. The minimum Gasteiger partial charge on any atom is -0.339 e. The molecule has 128 valence electrons. The van der Waals surface area contributed by atoms with Crippen LogP contribution in [0.2, 0.25) is 0 Å². The molecule has 0 N–H and O–H groups in total. The molecule has 0 saturated carbocycles. The number of piperidine rings is 1. The molecule has 1 aliphatic rings. The number of rotatable bonds is 4. The number of amides is 1. The van der Waals surface area contributed by atoms with E-state index in [-0.39, 0.29) is 11.5 Å². The summed E-state index contributed by atoms with van der Waals surface area (Å²) in [4.78, 5) is 18.7. The van der Waals surface area contributed by atoms with Crippen LogP contribution in [0.5, 0.6) is 0 Å². The van der Waals surface area contributed by atoms with Gasteiger partial charge in [-0.05, 0) is 30.9 Å². The highest BCUT2D eigenvalue weighted by Crippen LogP contribution is 2.23. The molecule has 24 heavy (non-hydrogen) atoms. The van der Waals surface area contributed by atoms with Gasteiger partial charge < -0.3 is 9.47 Å². The van der Waals surface area contributed by atoms with Crippen molar-refractivity contribution in [3.05, 3.63) is 53.9 Å². The molecular weight excluding hydrogens is 305 g/mol. The third-order valence-corrected chi connectivity index (χ3v) is 4.72. The average molecular weight is 329 g/mol. The van der Waals surface area contributed by atoms with Crippen LogP contribution in [0, 0.1) is 11.7 Å². The van der Waals surface area contributed by atoms with E-state index in [9.17, 15) is 9.18 Å². The molecule has 0 unspecified atom stereocenters. The van der Waals surface area contributed by atoms with E-state index in [1.54, 1.807) is 23.1 Å². The molecular formula is C19H24FN3O. The van der Waals surface area contributed by atoms with E-state index in [0.717, 1.165) is 25.2 Å². The molecule has 1 amide bonds. The number of carbonyl (C=O) groups excluding carboxylic acids is 1. The van der Waals surface area contributed by atoms with E-state index in [1.807, 2.05) is 12.4 Å². The van der Waals surface area contributed by atoms with Crippen molar-refractivity contribution in [2.45, 2.75) is 39.2 Å². The minimum atomic E-state index is -0.440. The number of carbonyl (C=O) groups is 1. The Kier molecular flexibility index (Phi) is 4.97. The third kappa shape index (κ3) is 3.50. The lowest BCUT2D eigenvalue weighted by atomic mass is 9.96. The van der Waals surface area contributed by atoms with Crippen LogP contribution in [-0.4, -0.2) is 33.4 Å². The van der Waals surface area contributed by atoms with Crippen molar-refractivity contribution in [3.8, 4) is 0 Å². The Morgan fingerprint density at radius 2 is 2.00 bits per heavy atom. The van der Waals surface area contributed by atoms with Crippen LogP contribution < -0.4 is 0 Å². The lowest BCUT2D eigenvalue weighted by Crippen LogP contribution is -2.39. The van der Waals surface area contributed by atoms with Crippen molar-refractivity contribution in [3.63, 3.8) is 0 Å². The Bertz CT molecular complexity index is 702. The van der Waals surface area contributed by atoms with Gasteiger partial charge in [0.05, 0.1) is 5.56 Å². The van der Waals surface area contributed by atoms with E-state index >= 15 is 0 Å². The number of hydrogen-bond donors (Lipinski definition) is 0. The zero-order valence-corrected chi connectivity index (χ0v) is 14.3. The van der Waals surface area contributed by atoms with Gasteiger partial charge in [0, 0.05) is 37.9 Å². The minimum absolute atomic E-state index is 0.174. The highest BCUT2D eigenvalue weighted by molar-refractivity contribution is 5.94. The molecule has 1 fully saturated rings. The Hall–Kier alpha value is -2.17. The van der Waals surface area contributed by atoms with Crippen LogP contribution in [0.25, 0.3) is 0 Å². The van der Waals surface area contributed by atoms with Gasteiger partial charge in [0.2, 0.25) is 0 Å². The fourth-order valence-electron chi connectivity index (χ4n) is 3.38. The summed E-state index contributed by atoms with van der Waals surface area (Å²) >= 11 is 0. The summed E-state index contributed by atoms with van der Waals surface area (Å²) < 4.78 is 16.0. The molecule has 1 aromatic carbocycles. The lowest BCUT2D eigenvalue weighted by molar-refractivity contribution is 0.0677. The summed E-state index contributed by atoms with van der Waals surface area (Å²) in [7, 11) is 0. The molecule has 1 saturated heterocycles. The fraction of sp³-hybridized carbons (Fsp3) is 0.474. The van der Waals surface area contributed by atoms with Crippen LogP contribution in [0.3, 0.4) is 0 Å². The Balaban J connectivity index is 1.59. The molecule has 5 heteroatoms. The topological polar surface area (TPSA) is 38.1 Å². The quantitative estimate of drug-likeness (QED) is 0.858. The number of aromatic nitrogens is 2. The van der Waals surface area contributed by atoms with E-state index in [1.165, 1.54) is 6.07 Å². The van der Waals surface area contributed by atoms with Crippen molar-refractivity contribution in [1.82, 2.24) is 14.5 Å². The smallest absolute Gasteiger partial charge is 0.256 e. The summed E-state index contributed by atoms with van der Waals surface area (Å²) in [5.41, 5.74) is 0.174. The maximum atomic E-state index is 13.8. The van der Waals surface area contributed by atoms with Crippen molar-refractivity contribution in [2.75, 3.05) is 13.1 Å². The predicted molar refractivity (Wildman–Crippen MR) is 91.3 cm³/mol. The van der Waals surface area contributed by atoms with Crippen LogP contribution in [0.4, 0.5) is 4.39 Å². The first-order valence-corrected chi connectivity index (χ1v) is 8.61. The van der Waals surface area contributed by atoms with E-state index < -0.39 is 5.82 Å². The molecule has 1 aliphatic heterocycles. The number of halogens is 1. The number of hydrogen-bond acceptors (Lipinski definition) is 2. The van der Waals surface area contributed by atoms with Gasteiger partial charge in [-0.1, -0.05) is 26.0 Å². The van der Waals surface area contributed by atoms with Gasteiger partial charge >= 0.3 is 0 Å². The second-order valence-electron chi connectivity index (χ2n) is 6.81. The summed E-state index contributed by atoms with van der Waals surface area (Å²) in [6, 6.07) is 6.21. The number of benzene rings is 1. The largest absolute Gasteiger partial charge is 0.339 e. The Morgan fingerprint density at radius 3 is 2.67 bits per heavy atom. The monoisotopic (exact) mass is 329 g/mol. The molecule has 0 radical (unpaired) electrons. The molecule has 0 spiro atoms. The molecule has 2 aromatic rings. The van der Waals surface area contributed by atoms with Gasteiger partial charge in [-0.15, -0.1) is 0 Å². The Labute approximate surface area is 142 Å². The van der Waals surface area contributed by atoms with Crippen molar-refractivity contribution >= 4 is 5.91 Å². The maximum absolute atomic E-state index is 13.8. The van der Waals surface area contributed by atoms with Gasteiger partial charge in [-0.25, -0.2) is 9.37 Å². The second-order valence-corrected chi connectivity index (χ2v) is 6.81. The van der Waals surface area contributed by atoms with Gasteiger partial charge in [0.15, 0.2) is 0 Å². The van der Waals surface area contributed by atoms with Gasteiger partial charge in [0.25, 0.3) is 5.91 Å². The standard InChI is InChI=1S/C19H24FN3O/c1-14(2)18-21-9-12-23(18)13-15-7-10-22(11-8-15)19(24)16-5-3-4-6-17(16)20/h3-6,9,12,14-15H,7-8,10-11,13H2,1-2H3. The predicted octanol–water partition coefficient (Wildman–Crippen LogP) is 3.70. The SMILES string of the molecule is CC(C)c1nccn1CC1CCN(C(=O)c2ccccc2F)CC1. The average Bonchev–Trinajstić information content (AvgIpc) is 3.04. The number of nitrogens with zero attached hydrogens (tertiary/aromatic N) is 3. The Morgan fingerprint density at radius 1 is 1.29 bits per heavy atom. The second kappa shape index (κ2) is 7.16. The van der Waals surface area contributed by atoms with Crippen LogP contribution in [-0.2, 0) is 6.54 Å². The molecule has 0 bridgehead atoms. The summed E-state index contributed by atoms with van der Waals surface area (Å²) in [6.45, 7) is 6.60. The van der Waals surface area contributed by atoms with E-state index in [2.05, 4.69) is 23.4 Å². The zero-order chi connectivity index (χ0) is 17.1. The molecule has 0 aliphatic carbocycles. The summed E-state index contributed by atoms with van der Waals surface area (Å²) in [5.74, 6) is 1.41. The van der Waals surface area contributed by atoms with Gasteiger partial charge in [-0.2, -0.15) is 0 Å². The first-order chi connectivity index (χ1) is 11.6. The molecule has 3 rings (SSSR count). The maximum Gasteiger partial charge on any atom is 0.256 e. The fourth-order valence-corrected chi connectivity index (χ4v) is 3.38. The molecule has 0 atom stereocenters. The van der Waals surface area contributed by atoms with Crippen molar-refractivity contribution in [2.24, 2.45) is 5.92 Å². The normalized spacial score (nSPS) is 15.9. The highest BCUT2D eigenvalue weighted by atomic mass is 19.1. The molecule has 4 nitrogen and oxygen atoms in total. The molecule has 1 aromatic heterocycles. The van der Waals surface area contributed by atoms with Gasteiger partial charge in [-0.3, -0.25) is 4.79 Å². The van der Waals surface area contributed by atoms with Gasteiger partial charge in [0.1, 0.15) is 11.6 Å². The first-order valence-electron chi connectivity index (χ1n) is 8.61. The van der Waals surface area contributed by atoms with E-state index in [0.29, 0.717) is 24.9 Å². The van der Waals surface area contributed by atoms with Crippen LogP contribution in [0.1, 0.15) is 48.8 Å². The number of likely N-dealkylation sites (tertiary alicyclic amines) is 1. The van der Waals surface area contributed by atoms with Crippen LogP contribution in [0.15, 0.2) is 36.7 Å². The molecule has 2 heterocycles. The summed E-state index contributed by atoms with van der Waals surface area (Å²) in [6.07, 6.45) is 5.77. The lowest BCUT2D eigenvalue weighted by Gasteiger charge is -2.32. The van der Waals surface area contributed by atoms with Crippen LogP contribution >= 0.6 is 0 Å². The number of imidazole rings is 1. The van der Waals surface area contributed by atoms with E-state index in [4.69, 9.17) is 0 Å².